The van der Waals surface area contributed by atoms with E-state index in [0.29, 0.717) is 5.69 Å². The molecule has 0 bridgehead atoms. The minimum atomic E-state index is 0.0224. The first-order chi connectivity index (χ1) is 11.6. The van der Waals surface area contributed by atoms with E-state index in [9.17, 15) is 4.79 Å². The lowest BCUT2D eigenvalue weighted by atomic mass is 10.2. The molecule has 0 spiro atoms. The number of likely N-dealkylation sites (tertiary alicyclic amines) is 1. The van der Waals surface area contributed by atoms with Gasteiger partial charge in [-0.05, 0) is 63.1 Å². The molecule has 1 aliphatic rings. The normalized spacial score (nSPS) is 14.0. The van der Waals surface area contributed by atoms with Gasteiger partial charge in [-0.15, -0.1) is 0 Å². The first-order valence-corrected chi connectivity index (χ1v) is 8.41. The number of amides is 1. The van der Waals surface area contributed by atoms with Gasteiger partial charge in [0.2, 0.25) is 0 Å². The molecule has 0 atom stereocenters. The molecule has 0 aliphatic carbocycles. The van der Waals surface area contributed by atoms with Crippen LogP contribution >= 0.6 is 0 Å². The van der Waals surface area contributed by atoms with Crippen LogP contribution in [0.25, 0.3) is 0 Å². The Bertz CT molecular complexity index is 675. The first-order valence-electron chi connectivity index (χ1n) is 8.41. The average molecular weight is 325 g/mol. The fraction of sp³-hybridized carbons (Fsp3) is 0.368. The van der Waals surface area contributed by atoms with E-state index in [1.807, 2.05) is 49.1 Å². The molecule has 1 aliphatic heterocycles. The average Bonchev–Trinajstić information content (AvgIpc) is 3.11. The van der Waals surface area contributed by atoms with Crippen molar-refractivity contribution < 1.29 is 9.53 Å². The Labute approximate surface area is 142 Å². The zero-order valence-corrected chi connectivity index (χ0v) is 14.2. The maximum atomic E-state index is 12.3. The molecule has 0 radical (unpaired) electrons. The van der Waals surface area contributed by atoms with Crippen molar-refractivity contribution in [1.82, 2.24) is 9.88 Å². The van der Waals surface area contributed by atoms with Gasteiger partial charge in [-0.3, -0.25) is 4.79 Å². The second-order valence-corrected chi connectivity index (χ2v) is 6.25. The van der Waals surface area contributed by atoms with Crippen molar-refractivity contribution in [2.75, 3.05) is 18.4 Å². The van der Waals surface area contributed by atoms with Crippen molar-refractivity contribution in [1.29, 1.82) is 0 Å². The molecule has 5 nitrogen and oxygen atoms in total. The second-order valence-electron chi connectivity index (χ2n) is 6.25. The quantitative estimate of drug-likeness (QED) is 0.907. The van der Waals surface area contributed by atoms with Gasteiger partial charge in [-0.1, -0.05) is 0 Å². The molecule has 24 heavy (non-hydrogen) atoms. The lowest BCUT2D eigenvalue weighted by Gasteiger charge is -2.15. The summed E-state index contributed by atoms with van der Waals surface area (Å²) < 4.78 is 5.63. The highest BCUT2D eigenvalue weighted by Gasteiger charge is 2.20. The van der Waals surface area contributed by atoms with Crippen molar-refractivity contribution in [2.45, 2.75) is 32.8 Å². The van der Waals surface area contributed by atoms with Gasteiger partial charge in [0.15, 0.2) is 0 Å². The van der Waals surface area contributed by atoms with E-state index < -0.39 is 0 Å². The van der Waals surface area contributed by atoms with Crippen LogP contribution in [0.2, 0.25) is 0 Å². The number of hydrogen-bond donors (Lipinski definition) is 1. The number of ether oxygens (including phenoxy) is 1. The van der Waals surface area contributed by atoms with Crippen LogP contribution in [0.3, 0.4) is 0 Å². The van der Waals surface area contributed by atoms with Gasteiger partial charge in [0.25, 0.3) is 5.91 Å². The second kappa shape index (κ2) is 7.34. The number of pyridine rings is 1. The summed E-state index contributed by atoms with van der Waals surface area (Å²) in [5.41, 5.74) is 2.31. The van der Waals surface area contributed by atoms with Crippen molar-refractivity contribution >= 4 is 17.3 Å². The number of anilines is 2. The molecule has 126 valence electrons. The van der Waals surface area contributed by atoms with E-state index in [0.717, 1.165) is 43.1 Å². The van der Waals surface area contributed by atoms with E-state index in [2.05, 4.69) is 10.3 Å². The Hall–Kier alpha value is -2.56. The van der Waals surface area contributed by atoms with E-state index in [1.165, 1.54) is 0 Å². The molecule has 1 amide bonds. The lowest BCUT2D eigenvalue weighted by Crippen LogP contribution is -2.28. The summed E-state index contributed by atoms with van der Waals surface area (Å²) in [6, 6.07) is 11.4. The monoisotopic (exact) mass is 325 g/mol. The van der Waals surface area contributed by atoms with Crippen LogP contribution in [0.4, 0.5) is 11.4 Å². The summed E-state index contributed by atoms with van der Waals surface area (Å²) in [5.74, 6) is 0.870. The van der Waals surface area contributed by atoms with E-state index in [4.69, 9.17) is 4.74 Å². The maximum absolute atomic E-state index is 12.3. The van der Waals surface area contributed by atoms with Crippen LogP contribution in [0.1, 0.15) is 37.2 Å². The van der Waals surface area contributed by atoms with Crippen LogP contribution < -0.4 is 10.1 Å². The number of benzene rings is 1. The number of aromatic nitrogens is 1. The van der Waals surface area contributed by atoms with Crippen molar-refractivity contribution in [3.05, 3.63) is 48.3 Å². The lowest BCUT2D eigenvalue weighted by molar-refractivity contribution is 0.0787. The van der Waals surface area contributed by atoms with Gasteiger partial charge in [-0.2, -0.15) is 0 Å². The molecule has 1 aromatic heterocycles. The summed E-state index contributed by atoms with van der Waals surface area (Å²) >= 11 is 0. The van der Waals surface area contributed by atoms with Gasteiger partial charge in [-0.25, -0.2) is 4.98 Å². The fourth-order valence-corrected chi connectivity index (χ4v) is 2.73. The molecular weight excluding hydrogens is 302 g/mol. The molecule has 1 fully saturated rings. The zero-order valence-electron chi connectivity index (χ0n) is 14.2. The number of hydrogen-bond acceptors (Lipinski definition) is 4. The molecule has 2 heterocycles. The summed E-state index contributed by atoms with van der Waals surface area (Å²) in [6.07, 6.45) is 4.03. The topological polar surface area (TPSA) is 54.5 Å². The minimum Gasteiger partial charge on any atom is -0.491 e. The predicted molar refractivity (Wildman–Crippen MR) is 94.9 cm³/mol. The van der Waals surface area contributed by atoms with Crippen LogP contribution in [0, 0.1) is 0 Å². The van der Waals surface area contributed by atoms with Crippen molar-refractivity contribution in [3.8, 4) is 5.75 Å². The number of nitrogens with zero attached hydrogens (tertiary/aromatic N) is 2. The zero-order chi connectivity index (χ0) is 16.9. The van der Waals surface area contributed by atoms with Crippen LogP contribution in [-0.4, -0.2) is 35.0 Å². The third-order valence-electron chi connectivity index (χ3n) is 3.89. The van der Waals surface area contributed by atoms with E-state index in [1.54, 1.807) is 12.3 Å². The molecule has 5 heteroatoms. The van der Waals surface area contributed by atoms with Crippen LogP contribution in [-0.2, 0) is 0 Å². The van der Waals surface area contributed by atoms with Crippen LogP contribution in [0.15, 0.2) is 42.6 Å². The standard InChI is InChI=1S/C19H23N3O2/c1-14(2)24-17-8-5-15(6-9-17)21-16-7-10-18(20-13-16)19(23)22-11-3-4-12-22/h5-10,13-14,21H,3-4,11-12H2,1-2H3. The Morgan fingerprint density at radius 2 is 1.75 bits per heavy atom. The Balaban J connectivity index is 1.62. The predicted octanol–water partition coefficient (Wildman–Crippen LogP) is 3.85. The molecule has 1 N–H and O–H groups in total. The molecule has 0 saturated carbocycles. The smallest absolute Gasteiger partial charge is 0.272 e. The Morgan fingerprint density at radius 1 is 1.08 bits per heavy atom. The number of carbonyl (C=O) groups excluding carboxylic acids is 1. The van der Waals surface area contributed by atoms with Gasteiger partial charge in [0, 0.05) is 18.8 Å². The Morgan fingerprint density at radius 3 is 2.33 bits per heavy atom. The third kappa shape index (κ3) is 4.04. The molecule has 0 unspecified atom stereocenters. The highest BCUT2D eigenvalue weighted by atomic mass is 16.5. The highest BCUT2D eigenvalue weighted by Crippen LogP contribution is 2.21. The fourth-order valence-electron chi connectivity index (χ4n) is 2.73. The maximum Gasteiger partial charge on any atom is 0.272 e. The minimum absolute atomic E-state index is 0.0224. The van der Waals surface area contributed by atoms with Gasteiger partial charge in [0.1, 0.15) is 11.4 Å². The molecular formula is C19H23N3O2. The SMILES string of the molecule is CC(C)Oc1ccc(Nc2ccc(C(=O)N3CCCC3)nc2)cc1. The van der Waals surface area contributed by atoms with Crippen molar-refractivity contribution in [3.63, 3.8) is 0 Å². The summed E-state index contributed by atoms with van der Waals surface area (Å²) in [6.45, 7) is 5.68. The van der Waals surface area contributed by atoms with E-state index >= 15 is 0 Å². The number of carbonyl (C=O) groups is 1. The first kappa shape index (κ1) is 16.3. The summed E-state index contributed by atoms with van der Waals surface area (Å²) in [4.78, 5) is 18.4. The summed E-state index contributed by atoms with van der Waals surface area (Å²) in [7, 11) is 0. The van der Waals surface area contributed by atoms with Crippen molar-refractivity contribution in [2.24, 2.45) is 0 Å². The van der Waals surface area contributed by atoms with Gasteiger partial charge in [0.05, 0.1) is 18.0 Å². The number of rotatable bonds is 5. The largest absolute Gasteiger partial charge is 0.491 e. The summed E-state index contributed by atoms with van der Waals surface area (Å²) in [5, 5.41) is 3.28. The van der Waals surface area contributed by atoms with Crippen LogP contribution in [0.5, 0.6) is 5.75 Å². The Kier molecular flexibility index (Phi) is 4.99. The highest BCUT2D eigenvalue weighted by molar-refractivity contribution is 5.92. The van der Waals surface area contributed by atoms with Gasteiger partial charge >= 0.3 is 0 Å². The van der Waals surface area contributed by atoms with E-state index in [-0.39, 0.29) is 12.0 Å². The molecule has 1 saturated heterocycles. The molecule has 1 aromatic carbocycles. The van der Waals surface area contributed by atoms with Gasteiger partial charge < -0.3 is 15.0 Å². The number of nitrogens with one attached hydrogen (secondary N) is 1. The molecule has 3 rings (SSSR count). The molecule has 2 aromatic rings. The third-order valence-corrected chi connectivity index (χ3v) is 3.89.